The van der Waals surface area contributed by atoms with Crippen molar-refractivity contribution in [1.29, 1.82) is 0 Å². The average Bonchev–Trinajstić information content (AvgIpc) is 1.98. The van der Waals surface area contributed by atoms with Gasteiger partial charge in [-0.25, -0.2) is 0 Å². The molecule has 0 aliphatic heterocycles. The molecule has 0 aliphatic carbocycles. The van der Waals surface area contributed by atoms with Crippen LogP contribution >= 0.6 is 0 Å². The molecule has 4 nitrogen and oxygen atoms in total. The zero-order chi connectivity index (χ0) is 7.98. The van der Waals surface area contributed by atoms with Crippen molar-refractivity contribution in [1.82, 2.24) is 0 Å². The zero-order valence-corrected chi connectivity index (χ0v) is 6.29. The lowest BCUT2D eigenvalue weighted by Gasteiger charge is -2.06. The second-order valence-corrected chi connectivity index (χ2v) is 1.91. The summed E-state index contributed by atoms with van der Waals surface area (Å²) in [6, 6.07) is -0.551. The number of hydrogen-bond donors (Lipinski definition) is 1. The molecule has 0 aromatic rings. The molecule has 1 unspecified atom stereocenters. The summed E-state index contributed by atoms with van der Waals surface area (Å²) in [6.07, 6.45) is 0.503. The molecule has 0 aliphatic rings. The van der Waals surface area contributed by atoms with Crippen LogP contribution in [-0.2, 0) is 14.3 Å². The van der Waals surface area contributed by atoms with Gasteiger partial charge >= 0.3 is 5.97 Å². The summed E-state index contributed by atoms with van der Waals surface area (Å²) in [5, 5.41) is 0. The Morgan fingerprint density at radius 3 is 2.60 bits per heavy atom. The quantitative estimate of drug-likeness (QED) is 0.546. The third-order valence-corrected chi connectivity index (χ3v) is 1.14. The summed E-state index contributed by atoms with van der Waals surface area (Å²) >= 11 is 0. The van der Waals surface area contributed by atoms with Gasteiger partial charge in [0, 0.05) is 13.7 Å². The van der Waals surface area contributed by atoms with Crippen LogP contribution in [0.3, 0.4) is 0 Å². The van der Waals surface area contributed by atoms with E-state index in [9.17, 15) is 4.79 Å². The van der Waals surface area contributed by atoms with Crippen molar-refractivity contribution < 1.29 is 14.3 Å². The standard InChI is InChI=1S/C6H13NO3/c1-9-4-3-5(7)6(8)10-2/h5H,3-4,7H2,1-2H3. The largest absolute Gasteiger partial charge is 0.468 e. The fraction of sp³-hybridized carbons (Fsp3) is 0.833. The van der Waals surface area contributed by atoms with Gasteiger partial charge in [-0.1, -0.05) is 0 Å². The lowest BCUT2D eigenvalue weighted by Crippen LogP contribution is -2.32. The van der Waals surface area contributed by atoms with Gasteiger partial charge in [0.05, 0.1) is 7.11 Å². The van der Waals surface area contributed by atoms with E-state index in [0.29, 0.717) is 13.0 Å². The molecule has 0 fully saturated rings. The first-order chi connectivity index (χ1) is 4.72. The lowest BCUT2D eigenvalue weighted by atomic mass is 10.2. The van der Waals surface area contributed by atoms with Crippen molar-refractivity contribution in [3.8, 4) is 0 Å². The zero-order valence-electron chi connectivity index (χ0n) is 6.29. The number of ether oxygens (including phenoxy) is 2. The Hall–Kier alpha value is -0.610. The monoisotopic (exact) mass is 147 g/mol. The molecular formula is C6H13NO3. The molecule has 0 heterocycles. The molecule has 0 saturated heterocycles. The highest BCUT2D eigenvalue weighted by Gasteiger charge is 2.11. The van der Waals surface area contributed by atoms with Crippen LogP contribution in [0.1, 0.15) is 6.42 Å². The average molecular weight is 147 g/mol. The number of carbonyl (C=O) groups excluding carboxylic acids is 1. The van der Waals surface area contributed by atoms with Crippen LogP contribution in [0.2, 0.25) is 0 Å². The molecule has 0 spiro atoms. The Labute approximate surface area is 60.3 Å². The minimum Gasteiger partial charge on any atom is -0.468 e. The summed E-state index contributed by atoms with van der Waals surface area (Å²) in [5.74, 6) is -0.392. The minimum absolute atomic E-state index is 0.392. The van der Waals surface area contributed by atoms with Crippen LogP contribution in [0.15, 0.2) is 0 Å². The van der Waals surface area contributed by atoms with Crippen LogP contribution < -0.4 is 5.73 Å². The smallest absolute Gasteiger partial charge is 0.322 e. The number of rotatable bonds is 4. The van der Waals surface area contributed by atoms with Crippen LogP contribution in [0, 0.1) is 0 Å². The van der Waals surface area contributed by atoms with Gasteiger partial charge in [-0.05, 0) is 6.42 Å². The molecule has 1 atom stereocenters. The second kappa shape index (κ2) is 5.20. The van der Waals surface area contributed by atoms with Gasteiger partial charge in [0.25, 0.3) is 0 Å². The number of methoxy groups -OCH3 is 2. The predicted octanol–water partition coefficient (Wildman–Crippen LogP) is -0.477. The summed E-state index contributed by atoms with van der Waals surface area (Å²) in [7, 11) is 2.87. The number of esters is 1. The Balaban J connectivity index is 3.41. The van der Waals surface area contributed by atoms with E-state index in [0.717, 1.165) is 0 Å². The molecule has 0 amide bonds. The van der Waals surface area contributed by atoms with E-state index in [1.807, 2.05) is 0 Å². The van der Waals surface area contributed by atoms with Gasteiger partial charge in [0.1, 0.15) is 6.04 Å². The maximum atomic E-state index is 10.6. The highest BCUT2D eigenvalue weighted by Crippen LogP contribution is 1.90. The van der Waals surface area contributed by atoms with E-state index < -0.39 is 12.0 Å². The maximum Gasteiger partial charge on any atom is 0.322 e. The van der Waals surface area contributed by atoms with E-state index >= 15 is 0 Å². The molecule has 0 aromatic carbocycles. The first kappa shape index (κ1) is 9.39. The summed E-state index contributed by atoms with van der Waals surface area (Å²) < 4.78 is 9.11. The van der Waals surface area contributed by atoms with E-state index in [1.54, 1.807) is 7.11 Å². The molecule has 60 valence electrons. The molecule has 0 bridgehead atoms. The normalized spacial score (nSPS) is 12.7. The first-order valence-corrected chi connectivity index (χ1v) is 3.04. The fourth-order valence-corrected chi connectivity index (χ4v) is 0.514. The molecule has 10 heavy (non-hydrogen) atoms. The van der Waals surface area contributed by atoms with Crippen LogP contribution in [0.4, 0.5) is 0 Å². The van der Waals surface area contributed by atoms with Crippen LogP contribution in [0.5, 0.6) is 0 Å². The van der Waals surface area contributed by atoms with Gasteiger partial charge < -0.3 is 15.2 Å². The van der Waals surface area contributed by atoms with Gasteiger partial charge in [0.15, 0.2) is 0 Å². The Bertz CT molecular complexity index is 105. The lowest BCUT2D eigenvalue weighted by molar-refractivity contribution is -0.142. The molecule has 0 rings (SSSR count). The van der Waals surface area contributed by atoms with E-state index in [1.165, 1.54) is 7.11 Å². The first-order valence-electron chi connectivity index (χ1n) is 3.04. The van der Waals surface area contributed by atoms with Crippen LogP contribution in [-0.4, -0.2) is 32.8 Å². The number of carbonyl (C=O) groups is 1. The number of hydrogen-bond acceptors (Lipinski definition) is 4. The van der Waals surface area contributed by atoms with Gasteiger partial charge in [-0.3, -0.25) is 4.79 Å². The predicted molar refractivity (Wildman–Crippen MR) is 36.5 cm³/mol. The van der Waals surface area contributed by atoms with Crippen molar-refractivity contribution in [2.45, 2.75) is 12.5 Å². The maximum absolute atomic E-state index is 10.6. The van der Waals surface area contributed by atoms with Gasteiger partial charge in [-0.2, -0.15) is 0 Å². The van der Waals surface area contributed by atoms with Crippen molar-refractivity contribution in [2.75, 3.05) is 20.8 Å². The minimum atomic E-state index is -0.551. The van der Waals surface area contributed by atoms with E-state index in [-0.39, 0.29) is 0 Å². The fourth-order valence-electron chi connectivity index (χ4n) is 0.514. The Kier molecular flexibility index (Phi) is 4.88. The molecule has 0 saturated carbocycles. The Morgan fingerprint density at radius 2 is 2.20 bits per heavy atom. The summed E-state index contributed by atoms with van der Waals surface area (Å²) in [5.41, 5.74) is 5.36. The number of nitrogens with two attached hydrogens (primary N) is 1. The summed E-state index contributed by atoms with van der Waals surface area (Å²) in [4.78, 5) is 10.6. The third kappa shape index (κ3) is 3.42. The Morgan fingerprint density at radius 1 is 1.60 bits per heavy atom. The topological polar surface area (TPSA) is 61.5 Å². The summed E-state index contributed by atoms with van der Waals surface area (Å²) in [6.45, 7) is 0.482. The van der Waals surface area contributed by atoms with E-state index in [2.05, 4.69) is 4.74 Å². The van der Waals surface area contributed by atoms with Crippen molar-refractivity contribution in [3.63, 3.8) is 0 Å². The molecular weight excluding hydrogens is 134 g/mol. The second-order valence-electron chi connectivity index (χ2n) is 1.91. The highest BCUT2D eigenvalue weighted by molar-refractivity contribution is 5.75. The molecule has 2 N–H and O–H groups in total. The SMILES string of the molecule is COCCC(N)C(=O)OC. The van der Waals surface area contributed by atoms with Crippen molar-refractivity contribution >= 4 is 5.97 Å². The van der Waals surface area contributed by atoms with Crippen LogP contribution in [0.25, 0.3) is 0 Å². The highest BCUT2D eigenvalue weighted by atomic mass is 16.5. The van der Waals surface area contributed by atoms with E-state index in [4.69, 9.17) is 10.5 Å². The van der Waals surface area contributed by atoms with Crippen molar-refractivity contribution in [2.24, 2.45) is 5.73 Å². The van der Waals surface area contributed by atoms with Gasteiger partial charge in [0.2, 0.25) is 0 Å². The molecule has 0 aromatic heterocycles. The molecule has 0 radical (unpaired) electrons. The third-order valence-electron chi connectivity index (χ3n) is 1.14. The van der Waals surface area contributed by atoms with Crippen molar-refractivity contribution in [3.05, 3.63) is 0 Å². The van der Waals surface area contributed by atoms with Gasteiger partial charge in [-0.15, -0.1) is 0 Å². The molecule has 4 heteroatoms.